The van der Waals surface area contributed by atoms with Crippen LogP contribution in [0.5, 0.6) is 0 Å². The second kappa shape index (κ2) is 8.22. The molecule has 0 bridgehead atoms. The minimum Gasteiger partial charge on any atom is -0.378 e. The summed E-state index contributed by atoms with van der Waals surface area (Å²) >= 11 is 0. The fraction of sp³-hybridized carbons (Fsp3) is 0.333. The molecule has 2 aromatic rings. The molecule has 27 heavy (non-hydrogen) atoms. The number of aryl methyl sites for hydroxylation is 1. The van der Waals surface area contributed by atoms with Crippen molar-refractivity contribution < 1.29 is 14.3 Å². The van der Waals surface area contributed by atoms with Gasteiger partial charge in [-0.25, -0.2) is 0 Å². The molecule has 1 aliphatic rings. The van der Waals surface area contributed by atoms with Gasteiger partial charge in [-0.05, 0) is 61.7 Å². The molecular weight excluding hydrogens is 342 g/mol. The molecule has 0 spiro atoms. The number of carbonyl (C=O) groups excluding carboxylic acids is 2. The van der Waals surface area contributed by atoms with Gasteiger partial charge in [-0.2, -0.15) is 0 Å². The van der Waals surface area contributed by atoms with E-state index < -0.39 is 6.10 Å². The third-order valence-corrected chi connectivity index (χ3v) is 4.59. The summed E-state index contributed by atoms with van der Waals surface area (Å²) in [5.74, 6) is -0.385. The van der Waals surface area contributed by atoms with E-state index in [4.69, 9.17) is 4.74 Å². The summed E-state index contributed by atoms with van der Waals surface area (Å²) in [7, 11) is 3.95. The first-order valence-electron chi connectivity index (χ1n) is 9.06. The van der Waals surface area contributed by atoms with Gasteiger partial charge in [-0.1, -0.05) is 6.07 Å². The Morgan fingerprint density at radius 3 is 2.59 bits per heavy atom. The van der Waals surface area contributed by atoms with E-state index in [-0.39, 0.29) is 11.8 Å². The van der Waals surface area contributed by atoms with Gasteiger partial charge < -0.3 is 20.3 Å². The van der Waals surface area contributed by atoms with E-state index in [1.807, 2.05) is 44.1 Å². The third-order valence-electron chi connectivity index (χ3n) is 4.59. The van der Waals surface area contributed by atoms with Crippen molar-refractivity contribution in [3.05, 3.63) is 53.6 Å². The quantitative estimate of drug-likeness (QED) is 0.849. The maximum Gasteiger partial charge on any atom is 0.255 e. The third kappa shape index (κ3) is 4.65. The highest BCUT2D eigenvalue weighted by atomic mass is 16.5. The Bertz CT molecular complexity index is 842. The zero-order valence-corrected chi connectivity index (χ0v) is 15.9. The van der Waals surface area contributed by atoms with Crippen molar-refractivity contribution in [1.82, 2.24) is 0 Å². The van der Waals surface area contributed by atoms with Crippen molar-refractivity contribution in [3.63, 3.8) is 0 Å². The van der Waals surface area contributed by atoms with Gasteiger partial charge in [0.1, 0.15) is 6.10 Å². The Hall–Kier alpha value is -2.86. The van der Waals surface area contributed by atoms with Crippen LogP contribution in [0.15, 0.2) is 42.5 Å². The van der Waals surface area contributed by atoms with Crippen LogP contribution in [0, 0.1) is 6.92 Å². The van der Waals surface area contributed by atoms with Crippen molar-refractivity contribution >= 4 is 28.9 Å². The second-order valence-electron chi connectivity index (χ2n) is 6.92. The lowest BCUT2D eigenvalue weighted by atomic mass is 10.1. The van der Waals surface area contributed by atoms with Gasteiger partial charge in [0.05, 0.1) is 0 Å². The fourth-order valence-electron chi connectivity index (χ4n) is 3.01. The van der Waals surface area contributed by atoms with Gasteiger partial charge in [0.25, 0.3) is 11.8 Å². The lowest BCUT2D eigenvalue weighted by molar-refractivity contribution is -0.124. The standard InChI is InChI=1S/C21H25N3O3/c1-14-12-17(24(2)3)9-10-18(14)23-20(25)15-6-4-7-16(13-15)22-21(26)19-8-5-11-27-19/h4,6-7,9-10,12-13,19H,5,8,11H2,1-3H3,(H,22,26)(H,23,25)/t19-/m0/s1. The number of carbonyl (C=O) groups is 2. The van der Waals surface area contributed by atoms with Crippen LogP contribution < -0.4 is 15.5 Å². The minimum atomic E-state index is -0.402. The van der Waals surface area contributed by atoms with Crippen LogP contribution in [0.25, 0.3) is 0 Å². The number of hydrogen-bond donors (Lipinski definition) is 2. The topological polar surface area (TPSA) is 70.7 Å². The lowest BCUT2D eigenvalue weighted by Crippen LogP contribution is -2.27. The molecule has 1 aliphatic heterocycles. The monoisotopic (exact) mass is 367 g/mol. The van der Waals surface area contributed by atoms with Gasteiger partial charge in [-0.15, -0.1) is 0 Å². The Kier molecular flexibility index (Phi) is 5.76. The first-order chi connectivity index (χ1) is 12.9. The number of nitrogens with zero attached hydrogens (tertiary/aromatic N) is 1. The number of ether oxygens (including phenoxy) is 1. The Labute approximate surface area is 159 Å². The summed E-state index contributed by atoms with van der Waals surface area (Å²) in [5, 5.41) is 5.76. The molecule has 6 nitrogen and oxygen atoms in total. The number of benzene rings is 2. The normalized spacial score (nSPS) is 16.0. The van der Waals surface area contributed by atoms with Gasteiger partial charge in [0, 0.05) is 43.3 Å². The predicted octanol–water partition coefficient (Wildman–Crippen LogP) is 3.43. The van der Waals surface area contributed by atoms with Crippen LogP contribution in [0.1, 0.15) is 28.8 Å². The molecule has 2 amide bonds. The van der Waals surface area contributed by atoms with E-state index in [1.165, 1.54) is 0 Å². The number of rotatable bonds is 5. The molecule has 0 saturated carbocycles. The highest BCUT2D eigenvalue weighted by Crippen LogP contribution is 2.22. The molecule has 0 radical (unpaired) electrons. The summed E-state index contributed by atoms with van der Waals surface area (Å²) < 4.78 is 5.39. The maximum atomic E-state index is 12.6. The molecule has 0 unspecified atom stereocenters. The predicted molar refractivity (Wildman–Crippen MR) is 108 cm³/mol. The molecule has 6 heteroatoms. The molecule has 1 saturated heterocycles. The molecule has 0 aromatic heterocycles. The molecule has 142 valence electrons. The van der Waals surface area contributed by atoms with Crippen molar-refractivity contribution in [2.75, 3.05) is 36.2 Å². The van der Waals surface area contributed by atoms with Crippen LogP contribution in [0.3, 0.4) is 0 Å². The van der Waals surface area contributed by atoms with Gasteiger partial charge in [0.2, 0.25) is 0 Å². The Morgan fingerprint density at radius 1 is 1.11 bits per heavy atom. The highest BCUT2D eigenvalue weighted by Gasteiger charge is 2.23. The summed E-state index contributed by atoms with van der Waals surface area (Å²) in [6, 6.07) is 12.8. The number of amides is 2. The first kappa shape index (κ1) is 18.9. The van der Waals surface area contributed by atoms with Crippen molar-refractivity contribution in [3.8, 4) is 0 Å². The fourth-order valence-corrected chi connectivity index (χ4v) is 3.01. The molecule has 3 rings (SSSR count). The summed E-state index contributed by atoms with van der Waals surface area (Å²) in [4.78, 5) is 26.8. The molecular formula is C21H25N3O3. The van der Waals surface area contributed by atoms with E-state index in [1.54, 1.807) is 24.3 Å². The molecule has 2 aromatic carbocycles. The van der Waals surface area contributed by atoms with Gasteiger partial charge in [0.15, 0.2) is 0 Å². The summed E-state index contributed by atoms with van der Waals surface area (Å²) in [6.45, 7) is 2.58. The van der Waals surface area contributed by atoms with E-state index in [2.05, 4.69) is 10.6 Å². The van der Waals surface area contributed by atoms with E-state index in [9.17, 15) is 9.59 Å². The van der Waals surface area contributed by atoms with Crippen molar-refractivity contribution in [2.45, 2.75) is 25.9 Å². The largest absolute Gasteiger partial charge is 0.378 e. The molecule has 2 N–H and O–H groups in total. The summed E-state index contributed by atoms with van der Waals surface area (Å²) in [5.41, 5.74) is 3.89. The zero-order valence-electron chi connectivity index (χ0n) is 15.9. The van der Waals surface area contributed by atoms with Crippen LogP contribution in [-0.2, 0) is 9.53 Å². The molecule has 1 atom stereocenters. The van der Waals surface area contributed by atoms with Crippen molar-refractivity contribution in [1.29, 1.82) is 0 Å². The molecule has 1 heterocycles. The molecule has 0 aliphatic carbocycles. The number of hydrogen-bond acceptors (Lipinski definition) is 4. The van der Waals surface area contributed by atoms with E-state index in [0.29, 0.717) is 17.9 Å². The average Bonchev–Trinajstić information content (AvgIpc) is 3.18. The SMILES string of the molecule is Cc1cc(N(C)C)ccc1NC(=O)c1cccc(NC(=O)[C@@H]2CCCO2)c1. The van der Waals surface area contributed by atoms with E-state index >= 15 is 0 Å². The van der Waals surface area contributed by atoms with Crippen LogP contribution >= 0.6 is 0 Å². The zero-order chi connectivity index (χ0) is 19.4. The average molecular weight is 367 g/mol. The smallest absolute Gasteiger partial charge is 0.255 e. The number of anilines is 3. The Morgan fingerprint density at radius 2 is 1.93 bits per heavy atom. The minimum absolute atomic E-state index is 0.167. The van der Waals surface area contributed by atoms with Gasteiger partial charge in [-0.3, -0.25) is 9.59 Å². The van der Waals surface area contributed by atoms with Crippen LogP contribution in [0.2, 0.25) is 0 Å². The maximum absolute atomic E-state index is 12.6. The number of nitrogens with one attached hydrogen (secondary N) is 2. The Balaban J connectivity index is 1.69. The van der Waals surface area contributed by atoms with Gasteiger partial charge >= 0.3 is 0 Å². The van der Waals surface area contributed by atoms with E-state index in [0.717, 1.165) is 29.8 Å². The van der Waals surface area contributed by atoms with Crippen molar-refractivity contribution in [2.24, 2.45) is 0 Å². The molecule has 1 fully saturated rings. The second-order valence-corrected chi connectivity index (χ2v) is 6.92. The first-order valence-corrected chi connectivity index (χ1v) is 9.06. The highest BCUT2D eigenvalue weighted by molar-refractivity contribution is 6.06. The van der Waals surface area contributed by atoms with Crippen LogP contribution in [-0.4, -0.2) is 38.6 Å². The van der Waals surface area contributed by atoms with Crippen LogP contribution in [0.4, 0.5) is 17.1 Å². The summed E-state index contributed by atoms with van der Waals surface area (Å²) in [6.07, 6.45) is 1.22. The lowest BCUT2D eigenvalue weighted by Gasteiger charge is -2.16.